The summed E-state index contributed by atoms with van der Waals surface area (Å²) in [5.74, 6) is 1.77. The summed E-state index contributed by atoms with van der Waals surface area (Å²) in [4.78, 5) is 41.6. The van der Waals surface area contributed by atoms with Gasteiger partial charge in [-0.25, -0.2) is 4.79 Å². The quantitative estimate of drug-likeness (QED) is 0.118. The van der Waals surface area contributed by atoms with Crippen LogP contribution in [0.4, 0.5) is 4.79 Å². The van der Waals surface area contributed by atoms with E-state index in [1.807, 2.05) is 30.3 Å². The predicted molar refractivity (Wildman–Crippen MR) is 233 cm³/mol. The molecule has 63 heavy (non-hydrogen) atoms. The van der Waals surface area contributed by atoms with Crippen LogP contribution in [0.1, 0.15) is 109 Å². The zero-order chi connectivity index (χ0) is 44.5. The van der Waals surface area contributed by atoms with E-state index in [9.17, 15) is 19.5 Å². The third-order valence-electron chi connectivity index (χ3n) is 15.2. The van der Waals surface area contributed by atoms with E-state index in [4.69, 9.17) is 33.2 Å². The molecule has 2 aromatic rings. The van der Waals surface area contributed by atoms with Crippen LogP contribution in [0, 0.1) is 34.5 Å². The highest BCUT2D eigenvalue weighted by molar-refractivity contribution is 5.75. The van der Waals surface area contributed by atoms with Crippen LogP contribution in [0.5, 0.6) is 23.0 Å². The molecule has 6 atom stereocenters. The molecule has 1 amide bonds. The fourth-order valence-corrected chi connectivity index (χ4v) is 13.3. The van der Waals surface area contributed by atoms with E-state index in [2.05, 4.69) is 29.4 Å². The Morgan fingerprint density at radius 3 is 2.06 bits per heavy atom. The normalized spacial score (nSPS) is 32.6. The smallest absolute Gasteiger partial charge is 0.410 e. The molecule has 2 heterocycles. The van der Waals surface area contributed by atoms with Crippen molar-refractivity contribution in [3.05, 3.63) is 47.5 Å². The summed E-state index contributed by atoms with van der Waals surface area (Å²) >= 11 is 0. The monoisotopic (exact) mass is 875 g/mol. The van der Waals surface area contributed by atoms with Gasteiger partial charge in [0, 0.05) is 30.5 Å². The number of likely N-dealkylation sites (tertiary alicyclic amines) is 1. The summed E-state index contributed by atoms with van der Waals surface area (Å²) in [5.41, 5.74) is 2.26. The SMILES string of the molecule is COc1ccc(C[C@H]2COC(=O)[C@@H]2Cc2ccc(OC(O)NC3CCN([C@H]4CC[C@@H](C(=O)OC(C)OC(=O)NC56CC7CC(C)(CC(C)(C7)C5)C6)CC4)CC3)c(OC)c2)cc1OC. The van der Waals surface area contributed by atoms with Gasteiger partial charge in [-0.05, 0) is 155 Å². The topological polar surface area (TPSA) is 163 Å². The largest absolute Gasteiger partial charge is 0.493 e. The molecule has 2 aliphatic heterocycles. The summed E-state index contributed by atoms with van der Waals surface area (Å²) in [6.45, 7) is 8.48. The van der Waals surface area contributed by atoms with Gasteiger partial charge in [-0.15, -0.1) is 0 Å². The number of piperidine rings is 1. The van der Waals surface area contributed by atoms with Gasteiger partial charge in [0.2, 0.25) is 6.29 Å². The molecule has 5 saturated carbocycles. The second-order valence-corrected chi connectivity index (χ2v) is 20.5. The maximum Gasteiger partial charge on any atom is 0.410 e. The van der Waals surface area contributed by atoms with Crippen LogP contribution in [0.25, 0.3) is 0 Å². The number of aliphatic hydroxyl groups is 1. The number of esters is 2. The molecule has 0 radical (unpaired) electrons. The Kier molecular flexibility index (Phi) is 13.4. The van der Waals surface area contributed by atoms with Crippen LogP contribution in [0.3, 0.4) is 0 Å². The second-order valence-electron chi connectivity index (χ2n) is 20.5. The molecular formula is C49H69N3O11. The van der Waals surface area contributed by atoms with Crippen molar-refractivity contribution in [2.24, 2.45) is 34.5 Å². The fraction of sp³-hybridized carbons (Fsp3) is 0.694. The Balaban J connectivity index is 0.740. The number of nitrogens with one attached hydrogen (secondary N) is 2. The summed E-state index contributed by atoms with van der Waals surface area (Å²) in [6.07, 6.45) is 10.1. The Hall–Kier alpha value is -4.27. The van der Waals surface area contributed by atoms with E-state index in [0.29, 0.717) is 54.4 Å². The first-order chi connectivity index (χ1) is 30.1. The zero-order valence-electron chi connectivity index (χ0n) is 38.1. The van der Waals surface area contributed by atoms with Crippen molar-refractivity contribution in [1.29, 1.82) is 0 Å². The van der Waals surface area contributed by atoms with Crippen molar-refractivity contribution in [3.63, 3.8) is 0 Å². The summed E-state index contributed by atoms with van der Waals surface area (Å²) in [6, 6.07) is 11.8. The molecule has 7 fully saturated rings. The highest BCUT2D eigenvalue weighted by atomic mass is 16.7. The number of methoxy groups -OCH3 is 3. The van der Waals surface area contributed by atoms with Gasteiger partial charge in [0.25, 0.3) is 6.41 Å². The van der Waals surface area contributed by atoms with Crippen LogP contribution in [0.2, 0.25) is 0 Å². The molecule has 14 heteroatoms. The molecule has 2 saturated heterocycles. The molecular weight excluding hydrogens is 807 g/mol. The van der Waals surface area contributed by atoms with E-state index in [-0.39, 0.29) is 52.1 Å². The molecule has 0 aromatic heterocycles. The third-order valence-corrected chi connectivity index (χ3v) is 15.2. The average Bonchev–Trinajstić information content (AvgIpc) is 3.56. The van der Waals surface area contributed by atoms with Crippen molar-refractivity contribution in [1.82, 2.24) is 15.5 Å². The third kappa shape index (κ3) is 10.5. The maximum atomic E-state index is 13.2. The van der Waals surface area contributed by atoms with E-state index in [0.717, 1.165) is 82.0 Å². The number of aliphatic hydroxyl groups excluding tert-OH is 1. The van der Waals surface area contributed by atoms with Crippen LogP contribution in [0.15, 0.2) is 36.4 Å². The summed E-state index contributed by atoms with van der Waals surface area (Å²) < 4.78 is 39.2. The molecule has 4 unspecified atom stereocenters. The van der Waals surface area contributed by atoms with Gasteiger partial charge in [0.15, 0.2) is 23.0 Å². The highest BCUT2D eigenvalue weighted by Gasteiger charge is 2.60. The first kappa shape index (κ1) is 45.3. The van der Waals surface area contributed by atoms with Crippen molar-refractivity contribution >= 4 is 18.0 Å². The molecule has 4 bridgehead atoms. The van der Waals surface area contributed by atoms with Gasteiger partial charge in [-0.1, -0.05) is 26.0 Å². The van der Waals surface area contributed by atoms with E-state index >= 15 is 0 Å². The first-order valence-electron chi connectivity index (χ1n) is 23.2. The number of cyclic esters (lactones) is 1. The number of alkyl carbamates (subject to hydrolysis) is 1. The molecule has 9 rings (SSSR count). The average molecular weight is 876 g/mol. The van der Waals surface area contributed by atoms with E-state index in [1.54, 1.807) is 34.3 Å². The molecule has 3 N–H and O–H groups in total. The minimum absolute atomic E-state index is 0.00580. The number of carbonyl (C=O) groups is 3. The minimum Gasteiger partial charge on any atom is -0.493 e. The van der Waals surface area contributed by atoms with Gasteiger partial charge < -0.3 is 48.5 Å². The van der Waals surface area contributed by atoms with E-state index < -0.39 is 18.8 Å². The number of nitrogens with zero attached hydrogens (tertiary/aromatic N) is 1. The molecule has 14 nitrogen and oxygen atoms in total. The van der Waals surface area contributed by atoms with Crippen LogP contribution in [-0.4, -0.2) is 99.4 Å². The number of carbonyl (C=O) groups excluding carboxylic acids is 3. The molecule has 0 spiro atoms. The lowest BCUT2D eigenvalue weighted by Gasteiger charge is -2.65. The van der Waals surface area contributed by atoms with Gasteiger partial charge in [0.1, 0.15) is 0 Å². The molecule has 7 aliphatic rings. The number of amides is 1. The van der Waals surface area contributed by atoms with Gasteiger partial charge in [0.05, 0.1) is 39.8 Å². The Labute approximate surface area is 372 Å². The number of benzene rings is 2. The standard InChI is InChI=1S/C49H69N3O11/c1-30(62-46(56)51-49-25-33-23-47(2,28-49)27-48(3,24-33)29-49)61-43(53)34-9-11-37(12-10-34)52-17-15-36(16-18-52)50-45(55)63-40-14-8-32(22-42(40)59-6)20-38-35(26-60-44(38)54)19-31-7-13-39(57-4)41(21-31)58-5/h7-8,13-14,21-22,30,33-38,45,50,55H,9-12,15-20,23-29H2,1-6H3,(H,51,56)/t30?,33?,34-,35-,37+,38+,45?,47?,48?,49?/m0/s1. The molecule has 5 aliphatic carbocycles. The van der Waals surface area contributed by atoms with Gasteiger partial charge >= 0.3 is 18.0 Å². The van der Waals surface area contributed by atoms with Crippen molar-refractivity contribution in [2.75, 3.05) is 41.0 Å². The second kappa shape index (κ2) is 18.7. The van der Waals surface area contributed by atoms with E-state index in [1.165, 1.54) is 19.3 Å². The molecule has 346 valence electrons. The first-order valence-corrected chi connectivity index (χ1v) is 23.2. The minimum atomic E-state index is -1.24. The van der Waals surface area contributed by atoms with Crippen LogP contribution < -0.4 is 29.6 Å². The number of rotatable bonds is 16. The van der Waals surface area contributed by atoms with Crippen LogP contribution >= 0.6 is 0 Å². The van der Waals surface area contributed by atoms with Gasteiger partial charge in [-0.3, -0.25) is 14.9 Å². The summed E-state index contributed by atoms with van der Waals surface area (Å²) in [7, 11) is 4.76. The fourth-order valence-electron chi connectivity index (χ4n) is 13.3. The lowest BCUT2D eigenvalue weighted by atomic mass is 9.43. The van der Waals surface area contributed by atoms with Crippen LogP contribution in [-0.2, 0) is 36.6 Å². The van der Waals surface area contributed by atoms with Crippen molar-refractivity contribution in [3.8, 4) is 23.0 Å². The number of hydrogen-bond acceptors (Lipinski definition) is 13. The lowest BCUT2D eigenvalue weighted by molar-refractivity contribution is -0.172. The number of hydrogen-bond donors (Lipinski definition) is 3. The number of ether oxygens (including phenoxy) is 7. The van der Waals surface area contributed by atoms with Gasteiger partial charge in [-0.2, -0.15) is 0 Å². The Bertz CT molecular complexity index is 1940. The zero-order valence-corrected chi connectivity index (χ0v) is 38.1. The summed E-state index contributed by atoms with van der Waals surface area (Å²) in [5, 5.41) is 17.4. The Morgan fingerprint density at radius 2 is 1.43 bits per heavy atom. The Morgan fingerprint density at radius 1 is 0.810 bits per heavy atom. The van der Waals surface area contributed by atoms with Crippen molar-refractivity contribution < 1.29 is 52.6 Å². The van der Waals surface area contributed by atoms with Crippen molar-refractivity contribution in [2.45, 2.75) is 141 Å². The lowest BCUT2D eigenvalue weighted by Crippen LogP contribution is -2.65. The predicted octanol–water partition coefficient (Wildman–Crippen LogP) is 6.92. The highest BCUT2D eigenvalue weighted by Crippen LogP contribution is 2.66. The molecule has 2 aromatic carbocycles. The maximum absolute atomic E-state index is 13.2.